The Bertz CT molecular complexity index is 432. The highest BCUT2D eigenvalue weighted by atomic mass is 16.5. The Morgan fingerprint density at radius 2 is 1.89 bits per heavy atom. The Morgan fingerprint density at radius 1 is 1.21 bits per heavy atom. The molecule has 0 spiro atoms. The fraction of sp³-hybridized carbons (Fsp3) is 0.533. The van der Waals surface area contributed by atoms with Crippen molar-refractivity contribution >= 4 is 5.97 Å². The molecule has 0 bridgehead atoms. The number of carbonyl (C=O) groups excluding carboxylic acids is 1. The fourth-order valence-corrected chi connectivity index (χ4v) is 1.69. The zero-order valence-electron chi connectivity index (χ0n) is 12.3. The van der Waals surface area contributed by atoms with Crippen LogP contribution in [0.25, 0.3) is 0 Å². The van der Waals surface area contributed by atoms with Gasteiger partial charge in [-0.3, -0.25) is 4.79 Å². The Hall–Kier alpha value is -1.71. The number of rotatable bonds is 5. The smallest absolute Gasteiger partial charge is 0.308 e. The molecular weight excluding hydrogens is 244 g/mol. The van der Waals surface area contributed by atoms with Gasteiger partial charge in [-0.05, 0) is 23.6 Å². The lowest BCUT2D eigenvalue weighted by molar-refractivity contribution is -0.141. The number of hydrogen-bond donors (Lipinski definition) is 0. The second-order valence-corrected chi connectivity index (χ2v) is 5.29. The van der Waals surface area contributed by atoms with Crippen molar-refractivity contribution in [2.24, 2.45) is 0 Å². The minimum Gasteiger partial charge on any atom is -0.497 e. The van der Waals surface area contributed by atoms with E-state index in [1.54, 1.807) is 7.11 Å². The van der Waals surface area contributed by atoms with Crippen LogP contribution >= 0.6 is 0 Å². The molecule has 0 aromatic heterocycles. The first-order valence-corrected chi connectivity index (χ1v) is 6.26. The number of methoxy groups -OCH3 is 2. The molecule has 0 unspecified atom stereocenters. The number of hydrogen-bond acceptors (Lipinski definition) is 4. The van der Waals surface area contributed by atoms with Crippen LogP contribution in [0.5, 0.6) is 11.5 Å². The van der Waals surface area contributed by atoms with Crippen LogP contribution in [0, 0.1) is 0 Å². The average Bonchev–Trinajstić information content (AvgIpc) is 2.37. The van der Waals surface area contributed by atoms with Gasteiger partial charge in [0.2, 0.25) is 0 Å². The van der Waals surface area contributed by atoms with E-state index < -0.39 is 0 Å². The van der Waals surface area contributed by atoms with E-state index in [1.807, 2.05) is 18.2 Å². The summed E-state index contributed by atoms with van der Waals surface area (Å²) in [6.45, 7) is 6.63. The summed E-state index contributed by atoms with van der Waals surface area (Å²) in [4.78, 5) is 11.1. The predicted molar refractivity (Wildman–Crippen MR) is 73.8 cm³/mol. The molecule has 0 radical (unpaired) electrons. The Labute approximate surface area is 114 Å². The van der Waals surface area contributed by atoms with Gasteiger partial charge < -0.3 is 14.2 Å². The molecule has 0 aliphatic carbocycles. The van der Waals surface area contributed by atoms with Crippen LogP contribution in [0.1, 0.15) is 32.8 Å². The molecule has 0 heterocycles. The largest absolute Gasteiger partial charge is 0.497 e. The van der Waals surface area contributed by atoms with Gasteiger partial charge in [-0.2, -0.15) is 0 Å². The standard InChI is InChI=1S/C15H22O4/c1-15(2,3)12-10-11(17-4)6-7-13(12)19-9-8-14(16)18-5/h6-7,10H,8-9H2,1-5H3. The lowest BCUT2D eigenvalue weighted by Gasteiger charge is -2.23. The van der Waals surface area contributed by atoms with Crippen molar-refractivity contribution in [3.8, 4) is 11.5 Å². The lowest BCUT2D eigenvalue weighted by Crippen LogP contribution is -2.15. The van der Waals surface area contributed by atoms with E-state index in [0.717, 1.165) is 17.1 Å². The summed E-state index contributed by atoms with van der Waals surface area (Å²) in [5, 5.41) is 0. The third-order valence-electron chi connectivity index (χ3n) is 2.79. The number of carbonyl (C=O) groups is 1. The maximum absolute atomic E-state index is 11.1. The van der Waals surface area contributed by atoms with E-state index in [0.29, 0.717) is 6.61 Å². The molecule has 1 rings (SSSR count). The summed E-state index contributed by atoms with van der Waals surface area (Å²) in [5.74, 6) is 1.30. The van der Waals surface area contributed by atoms with Crippen LogP contribution in [0.2, 0.25) is 0 Å². The zero-order valence-corrected chi connectivity index (χ0v) is 12.3. The normalized spacial score (nSPS) is 11.0. The van der Waals surface area contributed by atoms with Gasteiger partial charge in [0, 0.05) is 5.56 Å². The van der Waals surface area contributed by atoms with Crippen molar-refractivity contribution in [3.05, 3.63) is 23.8 Å². The van der Waals surface area contributed by atoms with Crippen LogP contribution in [-0.4, -0.2) is 26.8 Å². The van der Waals surface area contributed by atoms with Gasteiger partial charge in [-0.25, -0.2) is 0 Å². The highest BCUT2D eigenvalue weighted by Gasteiger charge is 2.20. The monoisotopic (exact) mass is 266 g/mol. The molecule has 1 aromatic rings. The van der Waals surface area contributed by atoms with Gasteiger partial charge in [0.25, 0.3) is 0 Å². The first-order chi connectivity index (χ1) is 8.88. The molecule has 0 atom stereocenters. The molecule has 1 aromatic carbocycles. The van der Waals surface area contributed by atoms with E-state index in [2.05, 4.69) is 25.5 Å². The Kier molecular flexibility index (Phi) is 5.21. The second kappa shape index (κ2) is 6.45. The summed E-state index contributed by atoms with van der Waals surface area (Å²) >= 11 is 0. The molecule has 4 heteroatoms. The van der Waals surface area contributed by atoms with Crippen molar-refractivity contribution in [2.75, 3.05) is 20.8 Å². The molecule has 106 valence electrons. The van der Waals surface area contributed by atoms with Gasteiger partial charge in [0.15, 0.2) is 0 Å². The first kappa shape index (κ1) is 15.3. The topological polar surface area (TPSA) is 44.8 Å². The van der Waals surface area contributed by atoms with Gasteiger partial charge >= 0.3 is 5.97 Å². The zero-order chi connectivity index (χ0) is 14.5. The minimum atomic E-state index is -0.272. The van der Waals surface area contributed by atoms with Crippen molar-refractivity contribution < 1.29 is 19.0 Å². The molecule has 4 nitrogen and oxygen atoms in total. The van der Waals surface area contributed by atoms with Gasteiger partial charge in [-0.1, -0.05) is 20.8 Å². The summed E-state index contributed by atoms with van der Waals surface area (Å²) in [7, 11) is 3.01. The quantitative estimate of drug-likeness (QED) is 0.769. The second-order valence-electron chi connectivity index (χ2n) is 5.29. The van der Waals surface area contributed by atoms with E-state index in [1.165, 1.54) is 7.11 Å². The van der Waals surface area contributed by atoms with Crippen molar-refractivity contribution in [3.63, 3.8) is 0 Å². The molecular formula is C15H22O4. The van der Waals surface area contributed by atoms with E-state index in [-0.39, 0.29) is 17.8 Å². The highest BCUT2D eigenvalue weighted by molar-refractivity contribution is 5.69. The van der Waals surface area contributed by atoms with Crippen LogP contribution in [0.15, 0.2) is 18.2 Å². The highest BCUT2D eigenvalue weighted by Crippen LogP contribution is 2.34. The maximum Gasteiger partial charge on any atom is 0.308 e. The number of ether oxygens (including phenoxy) is 3. The lowest BCUT2D eigenvalue weighted by atomic mass is 9.86. The number of esters is 1. The summed E-state index contributed by atoms with van der Waals surface area (Å²) in [6, 6.07) is 5.69. The SMILES string of the molecule is COC(=O)CCOc1ccc(OC)cc1C(C)(C)C. The summed E-state index contributed by atoms with van der Waals surface area (Å²) < 4.78 is 15.5. The fourth-order valence-electron chi connectivity index (χ4n) is 1.69. The molecule has 0 amide bonds. The summed E-state index contributed by atoms with van der Waals surface area (Å²) in [5.41, 5.74) is 0.992. The van der Waals surface area contributed by atoms with Crippen molar-refractivity contribution in [1.82, 2.24) is 0 Å². The van der Waals surface area contributed by atoms with E-state index in [4.69, 9.17) is 9.47 Å². The first-order valence-electron chi connectivity index (χ1n) is 6.26. The number of benzene rings is 1. The van der Waals surface area contributed by atoms with E-state index in [9.17, 15) is 4.79 Å². The van der Waals surface area contributed by atoms with Gasteiger partial charge in [0.05, 0.1) is 27.2 Å². The molecule has 0 N–H and O–H groups in total. The van der Waals surface area contributed by atoms with Crippen molar-refractivity contribution in [1.29, 1.82) is 0 Å². The molecule has 0 fully saturated rings. The van der Waals surface area contributed by atoms with Crippen molar-refractivity contribution in [2.45, 2.75) is 32.6 Å². The van der Waals surface area contributed by atoms with Crippen LogP contribution in [0.3, 0.4) is 0 Å². The van der Waals surface area contributed by atoms with Crippen LogP contribution in [0.4, 0.5) is 0 Å². The van der Waals surface area contributed by atoms with Crippen LogP contribution < -0.4 is 9.47 Å². The molecule has 0 aliphatic rings. The maximum atomic E-state index is 11.1. The molecule has 0 saturated heterocycles. The molecule has 19 heavy (non-hydrogen) atoms. The predicted octanol–water partition coefficient (Wildman–Crippen LogP) is 2.93. The third-order valence-corrected chi connectivity index (χ3v) is 2.79. The Balaban J connectivity index is 2.85. The summed E-state index contributed by atoms with van der Waals surface area (Å²) in [6.07, 6.45) is 0.242. The third kappa shape index (κ3) is 4.47. The Morgan fingerprint density at radius 3 is 2.42 bits per heavy atom. The molecule has 0 aliphatic heterocycles. The minimum absolute atomic E-state index is 0.0604. The average molecular weight is 266 g/mol. The van der Waals surface area contributed by atoms with E-state index >= 15 is 0 Å². The van der Waals surface area contributed by atoms with Gasteiger partial charge in [-0.15, -0.1) is 0 Å². The van der Waals surface area contributed by atoms with Crippen LogP contribution in [-0.2, 0) is 14.9 Å². The van der Waals surface area contributed by atoms with Gasteiger partial charge in [0.1, 0.15) is 11.5 Å². The molecule has 0 saturated carbocycles.